The van der Waals surface area contributed by atoms with Crippen molar-refractivity contribution in [2.75, 3.05) is 20.2 Å². The molecule has 96 valence electrons. The number of aliphatic hydroxyl groups excluding tert-OH is 1. The number of rotatable bonds is 6. The first-order chi connectivity index (χ1) is 8.10. The zero-order valence-electron chi connectivity index (χ0n) is 11.1. The average molecular weight is 238 g/mol. The molecule has 2 N–H and O–H groups in total. The Balaban J connectivity index is 2.78. The Bertz CT molecular complexity index is 367. The van der Waals surface area contributed by atoms with Crippen molar-refractivity contribution in [1.29, 1.82) is 0 Å². The fourth-order valence-electron chi connectivity index (χ4n) is 1.88. The van der Waals surface area contributed by atoms with Crippen molar-refractivity contribution in [3.63, 3.8) is 0 Å². The SMILES string of the molecule is CCNCC(O)Cc1ncc(C)c(OC)c1C. The van der Waals surface area contributed by atoms with Crippen LogP contribution >= 0.6 is 0 Å². The van der Waals surface area contributed by atoms with Crippen LogP contribution in [0.2, 0.25) is 0 Å². The van der Waals surface area contributed by atoms with E-state index in [-0.39, 0.29) is 0 Å². The molecular formula is C13H22N2O2. The van der Waals surface area contributed by atoms with Gasteiger partial charge in [0, 0.05) is 36.0 Å². The number of ether oxygens (including phenoxy) is 1. The molecule has 0 spiro atoms. The lowest BCUT2D eigenvalue weighted by atomic mass is 10.1. The number of nitrogens with one attached hydrogen (secondary N) is 1. The molecule has 4 nitrogen and oxygen atoms in total. The molecule has 17 heavy (non-hydrogen) atoms. The summed E-state index contributed by atoms with van der Waals surface area (Å²) < 4.78 is 5.34. The van der Waals surface area contributed by atoms with Crippen LogP contribution in [0.1, 0.15) is 23.7 Å². The van der Waals surface area contributed by atoms with E-state index >= 15 is 0 Å². The zero-order valence-corrected chi connectivity index (χ0v) is 11.1. The summed E-state index contributed by atoms with van der Waals surface area (Å²) in [4.78, 5) is 4.37. The minimum Gasteiger partial charge on any atom is -0.496 e. The van der Waals surface area contributed by atoms with E-state index in [1.54, 1.807) is 13.3 Å². The third-order valence-corrected chi connectivity index (χ3v) is 2.81. The molecular weight excluding hydrogens is 216 g/mol. The van der Waals surface area contributed by atoms with Crippen LogP contribution in [0.3, 0.4) is 0 Å². The van der Waals surface area contributed by atoms with E-state index in [4.69, 9.17) is 4.74 Å². The van der Waals surface area contributed by atoms with Crippen LogP contribution in [0.25, 0.3) is 0 Å². The van der Waals surface area contributed by atoms with Gasteiger partial charge < -0.3 is 15.2 Å². The van der Waals surface area contributed by atoms with E-state index < -0.39 is 6.10 Å². The van der Waals surface area contributed by atoms with Crippen LogP contribution in [0.5, 0.6) is 5.75 Å². The minimum absolute atomic E-state index is 0.409. The van der Waals surface area contributed by atoms with Gasteiger partial charge in [0.2, 0.25) is 0 Å². The number of likely N-dealkylation sites (N-methyl/N-ethyl adjacent to an activating group) is 1. The number of pyridine rings is 1. The van der Waals surface area contributed by atoms with Crippen molar-refractivity contribution in [1.82, 2.24) is 10.3 Å². The quantitative estimate of drug-likeness (QED) is 0.782. The van der Waals surface area contributed by atoms with Gasteiger partial charge in [-0.3, -0.25) is 4.98 Å². The lowest BCUT2D eigenvalue weighted by Crippen LogP contribution is -2.28. The Kier molecular flexibility index (Phi) is 5.38. The largest absolute Gasteiger partial charge is 0.496 e. The highest BCUT2D eigenvalue weighted by Gasteiger charge is 2.13. The van der Waals surface area contributed by atoms with Gasteiger partial charge >= 0.3 is 0 Å². The van der Waals surface area contributed by atoms with Gasteiger partial charge in [-0.15, -0.1) is 0 Å². The summed E-state index contributed by atoms with van der Waals surface area (Å²) in [6, 6.07) is 0. The molecule has 0 bridgehead atoms. The van der Waals surface area contributed by atoms with Crippen molar-refractivity contribution in [2.45, 2.75) is 33.3 Å². The molecule has 0 aromatic carbocycles. The number of aliphatic hydroxyl groups is 1. The lowest BCUT2D eigenvalue weighted by molar-refractivity contribution is 0.171. The van der Waals surface area contributed by atoms with Crippen LogP contribution in [0.15, 0.2) is 6.20 Å². The second-order valence-corrected chi connectivity index (χ2v) is 4.21. The topological polar surface area (TPSA) is 54.4 Å². The van der Waals surface area contributed by atoms with E-state index in [1.807, 2.05) is 20.8 Å². The minimum atomic E-state index is -0.409. The number of hydrogen-bond acceptors (Lipinski definition) is 4. The Hall–Kier alpha value is -1.13. The van der Waals surface area contributed by atoms with Gasteiger partial charge in [-0.2, -0.15) is 0 Å². The third kappa shape index (κ3) is 3.68. The smallest absolute Gasteiger partial charge is 0.128 e. The average Bonchev–Trinajstić information content (AvgIpc) is 2.31. The van der Waals surface area contributed by atoms with Crippen LogP contribution in [-0.2, 0) is 6.42 Å². The van der Waals surface area contributed by atoms with Crippen molar-refractivity contribution >= 4 is 0 Å². The molecule has 0 fully saturated rings. The summed E-state index contributed by atoms with van der Waals surface area (Å²) in [7, 11) is 1.66. The second-order valence-electron chi connectivity index (χ2n) is 4.21. The van der Waals surface area contributed by atoms with Gasteiger partial charge in [-0.1, -0.05) is 6.92 Å². The Morgan fingerprint density at radius 2 is 2.18 bits per heavy atom. The summed E-state index contributed by atoms with van der Waals surface area (Å²) in [5.74, 6) is 0.866. The molecule has 1 aromatic heterocycles. The van der Waals surface area contributed by atoms with Crippen LogP contribution in [-0.4, -0.2) is 36.4 Å². The fraction of sp³-hybridized carbons (Fsp3) is 0.615. The first kappa shape index (κ1) is 13.9. The van der Waals surface area contributed by atoms with Crippen molar-refractivity contribution in [3.05, 3.63) is 23.0 Å². The zero-order chi connectivity index (χ0) is 12.8. The molecule has 1 unspecified atom stereocenters. The molecule has 0 saturated heterocycles. The summed E-state index contributed by atoms with van der Waals surface area (Å²) >= 11 is 0. The van der Waals surface area contributed by atoms with Gasteiger partial charge in [0.05, 0.1) is 13.2 Å². The lowest BCUT2D eigenvalue weighted by Gasteiger charge is -2.15. The van der Waals surface area contributed by atoms with Gasteiger partial charge in [0.1, 0.15) is 5.75 Å². The van der Waals surface area contributed by atoms with E-state index in [0.717, 1.165) is 29.1 Å². The van der Waals surface area contributed by atoms with E-state index in [0.29, 0.717) is 13.0 Å². The molecule has 1 rings (SSSR count). The van der Waals surface area contributed by atoms with E-state index in [2.05, 4.69) is 10.3 Å². The highest BCUT2D eigenvalue weighted by atomic mass is 16.5. The summed E-state index contributed by atoms with van der Waals surface area (Å²) in [6.45, 7) is 7.42. The van der Waals surface area contributed by atoms with Gasteiger partial charge in [-0.25, -0.2) is 0 Å². The maximum atomic E-state index is 9.85. The van der Waals surface area contributed by atoms with Crippen LogP contribution < -0.4 is 10.1 Å². The molecule has 0 saturated carbocycles. The molecule has 1 heterocycles. The normalized spacial score (nSPS) is 12.5. The maximum Gasteiger partial charge on any atom is 0.128 e. The van der Waals surface area contributed by atoms with Crippen molar-refractivity contribution in [2.24, 2.45) is 0 Å². The Labute approximate surface area is 103 Å². The fourth-order valence-corrected chi connectivity index (χ4v) is 1.88. The summed E-state index contributed by atoms with van der Waals surface area (Å²) in [5.41, 5.74) is 2.94. The number of aryl methyl sites for hydroxylation is 1. The molecule has 0 aliphatic carbocycles. The predicted octanol–water partition coefficient (Wildman–Crippen LogP) is 1.22. The summed E-state index contributed by atoms with van der Waals surface area (Å²) in [5, 5.41) is 13.0. The predicted molar refractivity (Wildman–Crippen MR) is 68.5 cm³/mol. The van der Waals surface area contributed by atoms with Crippen molar-refractivity contribution < 1.29 is 9.84 Å². The van der Waals surface area contributed by atoms with Crippen LogP contribution in [0, 0.1) is 13.8 Å². The second kappa shape index (κ2) is 6.57. The molecule has 1 aromatic rings. The first-order valence-electron chi connectivity index (χ1n) is 5.98. The van der Waals surface area contributed by atoms with E-state index in [1.165, 1.54) is 0 Å². The highest BCUT2D eigenvalue weighted by molar-refractivity contribution is 5.41. The molecule has 0 aliphatic heterocycles. The van der Waals surface area contributed by atoms with Crippen molar-refractivity contribution in [3.8, 4) is 5.75 Å². The molecule has 1 atom stereocenters. The molecule has 0 amide bonds. The van der Waals surface area contributed by atoms with Gasteiger partial charge in [0.15, 0.2) is 0 Å². The van der Waals surface area contributed by atoms with Gasteiger partial charge in [-0.05, 0) is 20.4 Å². The van der Waals surface area contributed by atoms with E-state index in [9.17, 15) is 5.11 Å². The van der Waals surface area contributed by atoms with Crippen LogP contribution in [0.4, 0.5) is 0 Å². The Morgan fingerprint density at radius 1 is 1.47 bits per heavy atom. The highest BCUT2D eigenvalue weighted by Crippen LogP contribution is 2.24. The summed E-state index contributed by atoms with van der Waals surface area (Å²) in [6.07, 6.45) is 1.94. The standard InChI is InChI=1S/C13H22N2O2/c1-5-14-8-11(16)6-12-10(3)13(17-4)9(2)7-15-12/h7,11,14,16H,5-6,8H2,1-4H3. The first-order valence-corrected chi connectivity index (χ1v) is 5.98. The number of aromatic nitrogens is 1. The Morgan fingerprint density at radius 3 is 2.76 bits per heavy atom. The number of nitrogens with zero attached hydrogens (tertiary/aromatic N) is 1. The number of methoxy groups -OCH3 is 1. The van der Waals surface area contributed by atoms with Gasteiger partial charge in [0.25, 0.3) is 0 Å². The third-order valence-electron chi connectivity index (χ3n) is 2.81. The monoisotopic (exact) mass is 238 g/mol. The number of hydrogen-bond donors (Lipinski definition) is 2. The molecule has 0 aliphatic rings. The molecule has 4 heteroatoms. The maximum absolute atomic E-state index is 9.85. The molecule has 0 radical (unpaired) electrons.